The molecule has 0 atom stereocenters. The molecule has 0 saturated carbocycles. The largest absolute Gasteiger partial charge is 0.444 e. The van der Waals surface area contributed by atoms with Crippen molar-refractivity contribution >= 4 is 31.8 Å². The summed E-state index contributed by atoms with van der Waals surface area (Å²) in [6, 6.07) is 16.2. The van der Waals surface area contributed by atoms with Gasteiger partial charge in [-0.1, -0.05) is 56.0 Å². The first-order chi connectivity index (χ1) is 17.3. The molecular weight excluding hydrogens is 486 g/mol. The maximum absolute atomic E-state index is 13.1. The van der Waals surface area contributed by atoms with E-state index in [-0.39, 0.29) is 25.1 Å². The molecular formula is C28H39N3O5Si. The second kappa shape index (κ2) is 11.9. The van der Waals surface area contributed by atoms with Crippen LogP contribution < -0.4 is 10.2 Å². The summed E-state index contributed by atoms with van der Waals surface area (Å²) >= 11 is 0. The van der Waals surface area contributed by atoms with E-state index >= 15 is 0 Å². The Morgan fingerprint density at radius 2 is 1.73 bits per heavy atom. The number of carbonyl (C=O) groups excluding carboxylic acids is 3. The predicted molar refractivity (Wildman–Crippen MR) is 148 cm³/mol. The Labute approximate surface area is 220 Å². The van der Waals surface area contributed by atoms with E-state index in [1.54, 1.807) is 4.90 Å². The van der Waals surface area contributed by atoms with Crippen LogP contribution in [0.3, 0.4) is 0 Å². The lowest BCUT2D eigenvalue weighted by Gasteiger charge is -2.34. The number of anilines is 1. The van der Waals surface area contributed by atoms with Crippen LogP contribution in [0.15, 0.2) is 48.5 Å². The third-order valence-corrected chi connectivity index (χ3v) is 7.51. The van der Waals surface area contributed by atoms with Gasteiger partial charge < -0.3 is 14.8 Å². The number of nitrogens with zero attached hydrogens (tertiary/aromatic N) is 2. The van der Waals surface area contributed by atoms with Gasteiger partial charge in [0.1, 0.15) is 12.3 Å². The molecule has 0 aliphatic carbocycles. The number of amides is 4. The van der Waals surface area contributed by atoms with E-state index in [9.17, 15) is 14.4 Å². The molecule has 0 unspecified atom stereocenters. The Morgan fingerprint density at radius 1 is 1.03 bits per heavy atom. The van der Waals surface area contributed by atoms with Crippen molar-refractivity contribution in [2.45, 2.75) is 65.0 Å². The van der Waals surface area contributed by atoms with Crippen LogP contribution >= 0.6 is 0 Å². The summed E-state index contributed by atoms with van der Waals surface area (Å²) < 4.78 is 11.0. The number of benzene rings is 2. The maximum Gasteiger partial charge on any atom is 0.407 e. The van der Waals surface area contributed by atoms with Gasteiger partial charge in [0, 0.05) is 39.9 Å². The number of imide groups is 1. The number of rotatable bonds is 9. The highest BCUT2D eigenvalue weighted by Gasteiger charge is 2.33. The van der Waals surface area contributed by atoms with Crippen LogP contribution in [0.5, 0.6) is 0 Å². The summed E-state index contributed by atoms with van der Waals surface area (Å²) in [5.41, 5.74) is 3.07. The lowest BCUT2D eigenvalue weighted by molar-refractivity contribution is -0.133. The molecule has 1 heterocycles. The van der Waals surface area contributed by atoms with Crippen molar-refractivity contribution in [1.29, 1.82) is 0 Å². The smallest absolute Gasteiger partial charge is 0.407 e. The van der Waals surface area contributed by atoms with Gasteiger partial charge >= 0.3 is 12.1 Å². The van der Waals surface area contributed by atoms with Crippen LogP contribution in [0, 0.1) is 0 Å². The number of hydrogen-bond acceptors (Lipinski definition) is 5. The van der Waals surface area contributed by atoms with Crippen molar-refractivity contribution in [3.8, 4) is 11.1 Å². The molecule has 1 fully saturated rings. The number of alkyl carbamates (subject to hydrolysis) is 1. The number of carbonyl (C=O) groups is 3. The number of nitrogens with one attached hydrogen (secondary N) is 1. The summed E-state index contributed by atoms with van der Waals surface area (Å²) in [5.74, 6) is -0.207. The van der Waals surface area contributed by atoms with Gasteiger partial charge in [0.05, 0.1) is 0 Å². The van der Waals surface area contributed by atoms with Crippen LogP contribution in [0.1, 0.15) is 32.8 Å². The molecule has 0 spiro atoms. The van der Waals surface area contributed by atoms with Gasteiger partial charge in [0.15, 0.2) is 0 Å². The Bertz CT molecular complexity index is 1110. The molecule has 9 heteroatoms. The van der Waals surface area contributed by atoms with Crippen molar-refractivity contribution in [2.75, 3.05) is 24.8 Å². The van der Waals surface area contributed by atoms with Gasteiger partial charge in [-0.2, -0.15) is 0 Å². The summed E-state index contributed by atoms with van der Waals surface area (Å²) in [7, 11) is -1.25. The van der Waals surface area contributed by atoms with E-state index in [2.05, 4.69) is 25.0 Å². The third kappa shape index (κ3) is 8.72. The second-order valence-electron chi connectivity index (χ2n) is 11.5. The molecule has 4 amide bonds. The van der Waals surface area contributed by atoms with Crippen molar-refractivity contribution < 1.29 is 23.9 Å². The molecule has 2 aromatic rings. The zero-order chi connectivity index (χ0) is 27.2. The normalized spacial score (nSPS) is 14.6. The molecule has 2 aromatic carbocycles. The Morgan fingerprint density at radius 3 is 2.38 bits per heavy atom. The van der Waals surface area contributed by atoms with Gasteiger partial charge in [-0.05, 0) is 55.6 Å². The zero-order valence-corrected chi connectivity index (χ0v) is 23.8. The minimum absolute atomic E-state index is 0.0167. The van der Waals surface area contributed by atoms with E-state index in [4.69, 9.17) is 9.47 Å². The van der Waals surface area contributed by atoms with E-state index in [1.807, 2.05) is 69.3 Å². The summed E-state index contributed by atoms with van der Waals surface area (Å²) in [4.78, 5) is 40.3. The average Bonchev–Trinajstić information content (AvgIpc) is 2.81. The predicted octanol–water partition coefficient (Wildman–Crippen LogP) is 5.85. The molecule has 1 N–H and O–H groups in total. The van der Waals surface area contributed by atoms with Gasteiger partial charge in [-0.15, -0.1) is 0 Å². The van der Waals surface area contributed by atoms with Gasteiger partial charge in [-0.3, -0.25) is 9.69 Å². The van der Waals surface area contributed by atoms with Crippen LogP contribution in [0.4, 0.5) is 15.3 Å². The molecule has 0 aromatic heterocycles. The number of urea groups is 1. The van der Waals surface area contributed by atoms with E-state index in [0.29, 0.717) is 19.7 Å². The highest BCUT2D eigenvalue weighted by Crippen LogP contribution is 2.27. The quantitative estimate of drug-likeness (QED) is 0.328. The SMILES string of the molecule is CC(C)(C)OC(=O)NCc1ccc(-c2cccc(N3CCC(=O)N(COCC[Si](C)(C)C)C3=O)c2)cc1. The fraction of sp³-hybridized carbons (Fsp3) is 0.464. The summed E-state index contributed by atoms with van der Waals surface area (Å²) in [6.45, 7) is 13.5. The Hall–Kier alpha value is -3.17. The second-order valence-corrected chi connectivity index (χ2v) is 17.1. The third-order valence-electron chi connectivity index (χ3n) is 5.81. The van der Waals surface area contributed by atoms with Crippen LogP contribution in [0.25, 0.3) is 11.1 Å². The first kappa shape index (κ1) is 28.4. The maximum atomic E-state index is 13.1. The molecule has 37 heavy (non-hydrogen) atoms. The lowest BCUT2D eigenvalue weighted by Crippen LogP contribution is -2.53. The van der Waals surface area contributed by atoms with E-state index in [0.717, 1.165) is 28.4 Å². The standard InChI is InChI=1S/C28H39N3O5Si/c1-28(2,3)36-26(33)29-19-21-10-12-22(13-11-21)23-8-7-9-24(18-23)30-15-14-25(32)31(27(30)34)20-35-16-17-37(4,5)6/h7-13,18H,14-17,19-20H2,1-6H3,(H,29,33). The molecule has 1 aliphatic rings. The molecule has 200 valence electrons. The van der Waals surface area contributed by atoms with Gasteiger partial charge in [0.25, 0.3) is 0 Å². The summed E-state index contributed by atoms with van der Waals surface area (Å²) in [5, 5.41) is 2.76. The van der Waals surface area contributed by atoms with Crippen LogP contribution in [-0.4, -0.2) is 56.5 Å². The molecule has 1 aliphatic heterocycles. The van der Waals surface area contributed by atoms with Crippen molar-refractivity contribution in [1.82, 2.24) is 10.2 Å². The van der Waals surface area contributed by atoms with Crippen LogP contribution in [0.2, 0.25) is 25.7 Å². The van der Waals surface area contributed by atoms with Crippen LogP contribution in [-0.2, 0) is 20.8 Å². The van der Waals surface area contributed by atoms with Crippen molar-refractivity contribution in [2.24, 2.45) is 0 Å². The monoisotopic (exact) mass is 525 g/mol. The summed E-state index contributed by atoms with van der Waals surface area (Å²) in [6.07, 6.45) is -0.198. The number of hydrogen-bond donors (Lipinski definition) is 1. The van der Waals surface area contributed by atoms with Gasteiger partial charge in [-0.25, -0.2) is 14.5 Å². The molecule has 1 saturated heterocycles. The lowest BCUT2D eigenvalue weighted by atomic mass is 10.0. The first-order valence-corrected chi connectivity index (χ1v) is 16.4. The van der Waals surface area contributed by atoms with Gasteiger partial charge in [0.2, 0.25) is 5.91 Å². The highest BCUT2D eigenvalue weighted by atomic mass is 28.3. The fourth-order valence-corrected chi connectivity index (χ4v) is 4.50. The van der Waals surface area contributed by atoms with Crippen molar-refractivity contribution in [3.63, 3.8) is 0 Å². The Kier molecular flexibility index (Phi) is 9.15. The van der Waals surface area contributed by atoms with E-state index < -0.39 is 19.8 Å². The Balaban J connectivity index is 1.64. The molecule has 0 radical (unpaired) electrons. The van der Waals surface area contributed by atoms with E-state index in [1.165, 1.54) is 4.90 Å². The van der Waals surface area contributed by atoms with Crippen molar-refractivity contribution in [3.05, 3.63) is 54.1 Å². The molecule has 3 rings (SSSR count). The minimum Gasteiger partial charge on any atom is -0.444 e. The topological polar surface area (TPSA) is 88.2 Å². The highest BCUT2D eigenvalue weighted by molar-refractivity contribution is 6.76. The number of ether oxygens (including phenoxy) is 2. The zero-order valence-electron chi connectivity index (χ0n) is 22.8. The fourth-order valence-electron chi connectivity index (χ4n) is 3.75. The minimum atomic E-state index is -1.25. The first-order valence-electron chi connectivity index (χ1n) is 12.7. The average molecular weight is 526 g/mol. The molecule has 0 bridgehead atoms. The molecule has 8 nitrogen and oxygen atoms in total.